The van der Waals surface area contributed by atoms with Crippen molar-refractivity contribution >= 4 is 23.5 Å². The van der Waals surface area contributed by atoms with E-state index < -0.39 is 11.7 Å². The second-order valence-corrected chi connectivity index (χ2v) is 12.2. The number of anilines is 1. The maximum Gasteiger partial charge on any atom is 0.421 e. The lowest BCUT2D eigenvalue weighted by Crippen LogP contribution is -2.39. The zero-order valence-electron chi connectivity index (χ0n) is 27.7. The Balaban J connectivity index is 2.21. The van der Waals surface area contributed by atoms with E-state index in [0.29, 0.717) is 32.0 Å². The molecule has 0 aromatic carbocycles. The molecule has 1 saturated carbocycles. The van der Waals surface area contributed by atoms with Crippen molar-refractivity contribution in [1.29, 1.82) is 0 Å². The topological polar surface area (TPSA) is 109 Å². The van der Waals surface area contributed by atoms with Gasteiger partial charge in [-0.3, -0.25) is 4.79 Å². The molecule has 2 rings (SSSR count). The Morgan fingerprint density at radius 2 is 1.77 bits per heavy atom. The smallest absolute Gasteiger partial charge is 0.388 e. The molecule has 1 atom stereocenters. The van der Waals surface area contributed by atoms with E-state index in [1.807, 2.05) is 24.9 Å². The van der Waals surface area contributed by atoms with Gasteiger partial charge in [-0.2, -0.15) is 23.1 Å². The Morgan fingerprint density at radius 1 is 1.07 bits per heavy atom. The van der Waals surface area contributed by atoms with Gasteiger partial charge in [-0.05, 0) is 44.9 Å². The van der Waals surface area contributed by atoms with Gasteiger partial charge < -0.3 is 21.3 Å². The average Bonchev–Trinajstić information content (AvgIpc) is 3.75. The van der Waals surface area contributed by atoms with Crippen LogP contribution in [0.1, 0.15) is 130 Å². The SMILES string of the molecule is CCCCCC(=O)N(CCC)CC1(CNc2nc(/N=C(N)/C(=C\NC(CCC)CCCCC)CC)ncc2C(F)(F)F)CC1. The standard InChI is InChI=1S/C33H56F3N7O/c1-6-11-13-16-26(15-8-3)38-21-25(10-5)29(37)41-31-39-22-27(33(34,35)36)30(42-31)40-23-32(18-19-32)24-43(20-9-4)28(44)17-14-12-7-2/h21-22,26,38H,6-20,23-24H2,1-5H3,(H3,37,39,40,41,42)/b25-21-. The van der Waals surface area contributed by atoms with Crippen molar-refractivity contribution in [2.24, 2.45) is 16.1 Å². The van der Waals surface area contributed by atoms with Crippen LogP contribution < -0.4 is 16.4 Å². The molecule has 0 radical (unpaired) electrons. The fourth-order valence-corrected chi connectivity index (χ4v) is 5.31. The third-order valence-corrected chi connectivity index (χ3v) is 8.25. The number of alkyl halides is 3. The van der Waals surface area contributed by atoms with E-state index in [4.69, 9.17) is 5.73 Å². The van der Waals surface area contributed by atoms with Crippen molar-refractivity contribution in [1.82, 2.24) is 20.2 Å². The summed E-state index contributed by atoms with van der Waals surface area (Å²) >= 11 is 0. The Hall–Kier alpha value is -2.85. The molecule has 0 saturated heterocycles. The summed E-state index contributed by atoms with van der Waals surface area (Å²) in [4.78, 5) is 27.1. The Labute approximate surface area is 263 Å². The summed E-state index contributed by atoms with van der Waals surface area (Å²) in [6, 6.07) is 0.327. The van der Waals surface area contributed by atoms with Crippen LogP contribution in [0, 0.1) is 5.41 Å². The maximum atomic E-state index is 13.9. The number of nitrogens with one attached hydrogen (secondary N) is 2. The summed E-state index contributed by atoms with van der Waals surface area (Å²) in [7, 11) is 0. The van der Waals surface area contributed by atoms with Crippen LogP contribution in [0.2, 0.25) is 0 Å². The van der Waals surface area contributed by atoms with Crippen LogP contribution >= 0.6 is 0 Å². The second-order valence-electron chi connectivity index (χ2n) is 12.2. The molecule has 11 heteroatoms. The largest absolute Gasteiger partial charge is 0.421 e. The van der Waals surface area contributed by atoms with Crippen molar-refractivity contribution in [2.45, 2.75) is 137 Å². The summed E-state index contributed by atoms with van der Waals surface area (Å²) in [5.41, 5.74) is 5.83. The van der Waals surface area contributed by atoms with Crippen LogP contribution in [-0.2, 0) is 11.0 Å². The first-order chi connectivity index (χ1) is 21.0. The summed E-state index contributed by atoms with van der Waals surface area (Å²) < 4.78 is 41.8. The molecule has 0 spiro atoms. The molecule has 250 valence electrons. The molecule has 1 aromatic heterocycles. The van der Waals surface area contributed by atoms with Crippen LogP contribution in [0.4, 0.5) is 24.9 Å². The van der Waals surface area contributed by atoms with E-state index in [0.717, 1.165) is 82.4 Å². The number of hydrogen-bond donors (Lipinski definition) is 3. The quantitative estimate of drug-likeness (QED) is 0.0684. The molecule has 1 fully saturated rings. The van der Waals surface area contributed by atoms with Crippen molar-refractivity contribution in [3.05, 3.63) is 23.5 Å². The molecular weight excluding hydrogens is 567 g/mol. The average molecular weight is 624 g/mol. The van der Waals surface area contributed by atoms with Crippen molar-refractivity contribution in [3.63, 3.8) is 0 Å². The highest BCUT2D eigenvalue weighted by Crippen LogP contribution is 2.47. The first kappa shape index (κ1) is 37.3. The number of rotatable bonds is 22. The Bertz CT molecular complexity index is 1070. The number of nitrogens with two attached hydrogens (primary N) is 1. The van der Waals surface area contributed by atoms with Gasteiger partial charge in [0.2, 0.25) is 5.91 Å². The number of aliphatic imine (C=N–C) groups is 1. The highest BCUT2D eigenvalue weighted by atomic mass is 19.4. The molecule has 1 aliphatic rings. The molecule has 4 N–H and O–H groups in total. The lowest BCUT2D eigenvalue weighted by Gasteiger charge is -2.28. The molecule has 1 aliphatic carbocycles. The van der Waals surface area contributed by atoms with Gasteiger partial charge in [-0.25, -0.2) is 4.98 Å². The fraction of sp³-hybridized carbons (Fsp3) is 0.758. The normalized spacial score (nSPS) is 15.6. The van der Waals surface area contributed by atoms with E-state index >= 15 is 0 Å². The number of hydrogen-bond acceptors (Lipinski definition) is 6. The minimum Gasteiger partial charge on any atom is -0.388 e. The molecule has 1 amide bonds. The number of halogens is 3. The van der Waals surface area contributed by atoms with Gasteiger partial charge in [0.05, 0.1) is 0 Å². The monoisotopic (exact) mass is 623 g/mol. The summed E-state index contributed by atoms with van der Waals surface area (Å²) in [6.07, 6.45) is 11.2. The maximum absolute atomic E-state index is 13.9. The van der Waals surface area contributed by atoms with E-state index in [2.05, 4.69) is 46.4 Å². The molecule has 1 unspecified atom stereocenters. The van der Waals surface area contributed by atoms with Gasteiger partial charge in [-0.15, -0.1) is 0 Å². The van der Waals surface area contributed by atoms with Gasteiger partial charge in [0.25, 0.3) is 5.95 Å². The predicted octanol–water partition coefficient (Wildman–Crippen LogP) is 8.13. The summed E-state index contributed by atoms with van der Waals surface area (Å²) in [5.74, 6) is -0.160. The summed E-state index contributed by atoms with van der Waals surface area (Å²) in [6.45, 7) is 11.9. The number of amides is 1. The Kier molecular flexibility index (Phi) is 16.0. The molecule has 1 heterocycles. The number of carbonyl (C=O) groups is 1. The van der Waals surface area contributed by atoms with Crippen LogP contribution in [0.5, 0.6) is 0 Å². The van der Waals surface area contributed by atoms with Gasteiger partial charge in [0.1, 0.15) is 17.2 Å². The van der Waals surface area contributed by atoms with Crippen LogP contribution in [0.3, 0.4) is 0 Å². The third-order valence-electron chi connectivity index (χ3n) is 8.25. The number of aromatic nitrogens is 2. The molecular formula is C33H56F3N7O. The lowest BCUT2D eigenvalue weighted by molar-refractivity contribution is -0.137. The zero-order chi connectivity index (χ0) is 32.6. The summed E-state index contributed by atoms with van der Waals surface area (Å²) in [5, 5.41) is 6.43. The first-order valence-electron chi connectivity index (χ1n) is 16.8. The van der Waals surface area contributed by atoms with E-state index in [9.17, 15) is 18.0 Å². The van der Waals surface area contributed by atoms with Gasteiger partial charge in [0.15, 0.2) is 0 Å². The molecule has 0 bridgehead atoms. The minimum absolute atomic E-state index is 0.118. The molecule has 1 aromatic rings. The number of nitrogens with zero attached hydrogens (tertiary/aromatic N) is 4. The first-order valence-corrected chi connectivity index (χ1v) is 16.8. The lowest BCUT2D eigenvalue weighted by atomic mass is 10.0. The third kappa shape index (κ3) is 12.6. The highest BCUT2D eigenvalue weighted by molar-refractivity contribution is 5.98. The number of unbranched alkanes of at least 4 members (excludes halogenated alkanes) is 4. The fourth-order valence-electron chi connectivity index (χ4n) is 5.31. The number of carbonyl (C=O) groups excluding carboxylic acids is 1. The Morgan fingerprint density at radius 3 is 2.36 bits per heavy atom. The van der Waals surface area contributed by atoms with E-state index in [1.54, 1.807) is 0 Å². The van der Waals surface area contributed by atoms with Crippen molar-refractivity contribution in [3.8, 4) is 0 Å². The van der Waals surface area contributed by atoms with Gasteiger partial charge in [0, 0.05) is 55.5 Å². The van der Waals surface area contributed by atoms with Crippen molar-refractivity contribution < 1.29 is 18.0 Å². The number of amidine groups is 1. The molecule has 0 aliphatic heterocycles. The van der Waals surface area contributed by atoms with E-state index in [1.165, 1.54) is 6.42 Å². The van der Waals surface area contributed by atoms with E-state index in [-0.39, 0.29) is 35.5 Å². The van der Waals surface area contributed by atoms with Gasteiger partial charge >= 0.3 is 6.18 Å². The zero-order valence-corrected chi connectivity index (χ0v) is 27.7. The second kappa shape index (κ2) is 18.8. The predicted molar refractivity (Wildman–Crippen MR) is 174 cm³/mol. The molecule has 44 heavy (non-hydrogen) atoms. The van der Waals surface area contributed by atoms with Crippen LogP contribution in [0.15, 0.2) is 23.0 Å². The van der Waals surface area contributed by atoms with Crippen LogP contribution in [-0.4, -0.2) is 52.3 Å². The van der Waals surface area contributed by atoms with Gasteiger partial charge in [-0.1, -0.05) is 73.1 Å². The highest BCUT2D eigenvalue weighted by Gasteiger charge is 2.45. The van der Waals surface area contributed by atoms with Crippen LogP contribution in [0.25, 0.3) is 0 Å². The minimum atomic E-state index is -4.64. The van der Waals surface area contributed by atoms with Crippen molar-refractivity contribution in [2.75, 3.05) is 25.0 Å². The molecule has 8 nitrogen and oxygen atoms in total.